The van der Waals surface area contributed by atoms with Gasteiger partial charge in [-0.05, 0) is 48.6 Å². The summed E-state index contributed by atoms with van der Waals surface area (Å²) in [6.45, 7) is 1.68. The number of H-pyrrole nitrogens is 1. The van der Waals surface area contributed by atoms with Crippen molar-refractivity contribution in [1.82, 2.24) is 15.6 Å². The number of aromatic nitrogens is 1. The smallest absolute Gasteiger partial charge is 0.190 e. The van der Waals surface area contributed by atoms with Gasteiger partial charge in [0.1, 0.15) is 0 Å². The minimum Gasteiger partial charge on any atom is -0.493 e. The van der Waals surface area contributed by atoms with E-state index in [4.69, 9.17) is 9.47 Å². The minimum atomic E-state index is 0. The summed E-state index contributed by atoms with van der Waals surface area (Å²) >= 11 is 0. The summed E-state index contributed by atoms with van der Waals surface area (Å²) in [4.78, 5) is 7.64. The van der Waals surface area contributed by atoms with E-state index in [1.807, 2.05) is 12.1 Å². The Morgan fingerprint density at radius 1 is 0.967 bits per heavy atom. The van der Waals surface area contributed by atoms with Gasteiger partial charge in [0, 0.05) is 37.2 Å². The molecule has 0 aliphatic rings. The van der Waals surface area contributed by atoms with E-state index in [-0.39, 0.29) is 24.0 Å². The second-order valence-corrected chi connectivity index (χ2v) is 6.83. The monoisotopic (exact) mass is 522 g/mol. The summed E-state index contributed by atoms with van der Waals surface area (Å²) in [7, 11) is 5.11. The van der Waals surface area contributed by atoms with Crippen molar-refractivity contribution in [3.05, 3.63) is 59.8 Å². The van der Waals surface area contributed by atoms with E-state index in [1.54, 1.807) is 21.3 Å². The van der Waals surface area contributed by atoms with Crippen molar-refractivity contribution in [2.24, 2.45) is 4.99 Å². The second-order valence-electron chi connectivity index (χ2n) is 6.83. The first-order valence-electron chi connectivity index (χ1n) is 9.95. The molecule has 0 amide bonds. The molecule has 0 aliphatic carbocycles. The molecule has 30 heavy (non-hydrogen) atoms. The van der Waals surface area contributed by atoms with Gasteiger partial charge in [-0.15, -0.1) is 24.0 Å². The molecule has 2 aromatic carbocycles. The fraction of sp³-hybridized carbons (Fsp3) is 0.348. The molecule has 3 aromatic rings. The maximum Gasteiger partial charge on any atom is 0.190 e. The number of hydrogen-bond acceptors (Lipinski definition) is 3. The Hall–Kier alpha value is -2.42. The van der Waals surface area contributed by atoms with E-state index in [9.17, 15) is 0 Å². The average Bonchev–Trinajstić information content (AvgIpc) is 3.18. The molecule has 7 heteroatoms. The average molecular weight is 522 g/mol. The molecule has 1 aromatic heterocycles. The van der Waals surface area contributed by atoms with E-state index >= 15 is 0 Å². The third-order valence-electron chi connectivity index (χ3n) is 4.97. The predicted octanol–water partition coefficient (Wildman–Crippen LogP) is 4.14. The van der Waals surface area contributed by atoms with E-state index in [0.717, 1.165) is 49.8 Å². The molecule has 3 rings (SSSR count). The van der Waals surface area contributed by atoms with Crippen molar-refractivity contribution >= 4 is 40.8 Å². The number of nitrogens with one attached hydrogen (secondary N) is 3. The molecule has 6 nitrogen and oxygen atoms in total. The molecule has 0 unspecified atom stereocenters. The van der Waals surface area contributed by atoms with Crippen molar-refractivity contribution in [2.45, 2.75) is 19.3 Å². The quantitative estimate of drug-likeness (QED) is 0.171. The molecular weight excluding hydrogens is 491 g/mol. The zero-order valence-electron chi connectivity index (χ0n) is 17.8. The molecule has 0 saturated heterocycles. The van der Waals surface area contributed by atoms with Crippen molar-refractivity contribution < 1.29 is 9.47 Å². The van der Waals surface area contributed by atoms with Gasteiger partial charge in [0.25, 0.3) is 0 Å². The normalized spacial score (nSPS) is 11.1. The zero-order valence-corrected chi connectivity index (χ0v) is 20.2. The lowest BCUT2D eigenvalue weighted by molar-refractivity contribution is 0.354. The number of fused-ring (bicyclic) bond motifs is 1. The number of para-hydroxylation sites is 1. The Morgan fingerprint density at radius 3 is 2.50 bits per heavy atom. The molecule has 162 valence electrons. The Balaban J connectivity index is 0.00000320. The zero-order chi connectivity index (χ0) is 20.5. The number of nitrogens with zero attached hydrogens (tertiary/aromatic N) is 1. The lowest BCUT2D eigenvalue weighted by atomic mass is 10.1. The van der Waals surface area contributed by atoms with Crippen LogP contribution in [0.15, 0.2) is 53.7 Å². The highest BCUT2D eigenvalue weighted by atomic mass is 127. The summed E-state index contributed by atoms with van der Waals surface area (Å²) in [5.74, 6) is 2.36. The Labute approximate surface area is 195 Å². The lowest BCUT2D eigenvalue weighted by Crippen LogP contribution is -2.38. The van der Waals surface area contributed by atoms with E-state index in [0.29, 0.717) is 0 Å². The van der Waals surface area contributed by atoms with Gasteiger partial charge in [0.05, 0.1) is 14.2 Å². The molecule has 0 fully saturated rings. The van der Waals surface area contributed by atoms with Crippen LogP contribution in [0.1, 0.15) is 17.5 Å². The van der Waals surface area contributed by atoms with Gasteiger partial charge in [-0.2, -0.15) is 0 Å². The first kappa shape index (κ1) is 23.9. The van der Waals surface area contributed by atoms with E-state index in [1.165, 1.54) is 22.0 Å². The minimum absolute atomic E-state index is 0. The van der Waals surface area contributed by atoms with Crippen molar-refractivity contribution in [1.29, 1.82) is 0 Å². The number of halogens is 1. The molecule has 3 N–H and O–H groups in total. The topological polar surface area (TPSA) is 70.7 Å². The fourth-order valence-corrected chi connectivity index (χ4v) is 3.41. The third kappa shape index (κ3) is 6.29. The predicted molar refractivity (Wildman–Crippen MR) is 135 cm³/mol. The summed E-state index contributed by atoms with van der Waals surface area (Å²) in [6.07, 6.45) is 4.99. The standard InChI is InChI=1S/C23H30N4O2.HI/c1-24-23(26-14-12-18-16-27-20-9-5-4-8-19(18)20)25-13-6-7-17-10-11-21(28-2)22(15-17)29-3;/h4-5,8-11,15-16,27H,6-7,12-14H2,1-3H3,(H2,24,25,26);1H. The van der Waals surface area contributed by atoms with Gasteiger partial charge in [-0.3, -0.25) is 4.99 Å². The van der Waals surface area contributed by atoms with Crippen molar-refractivity contribution in [2.75, 3.05) is 34.4 Å². The molecule has 0 bridgehead atoms. The molecule has 0 aliphatic heterocycles. The molecule has 0 saturated carbocycles. The molecule has 1 heterocycles. The van der Waals surface area contributed by atoms with Gasteiger partial charge in [-0.25, -0.2) is 0 Å². The van der Waals surface area contributed by atoms with Crippen LogP contribution in [0.4, 0.5) is 0 Å². The van der Waals surface area contributed by atoms with E-state index in [2.05, 4.69) is 57.1 Å². The lowest BCUT2D eigenvalue weighted by Gasteiger charge is -2.12. The van der Waals surface area contributed by atoms with E-state index < -0.39 is 0 Å². The Morgan fingerprint density at radius 2 is 1.73 bits per heavy atom. The summed E-state index contributed by atoms with van der Waals surface area (Å²) in [5.41, 5.74) is 3.73. The van der Waals surface area contributed by atoms with Crippen LogP contribution in [-0.2, 0) is 12.8 Å². The van der Waals surface area contributed by atoms with Crippen LogP contribution < -0.4 is 20.1 Å². The molecule has 0 spiro atoms. The highest BCUT2D eigenvalue weighted by Crippen LogP contribution is 2.27. The highest BCUT2D eigenvalue weighted by molar-refractivity contribution is 14.0. The van der Waals surface area contributed by atoms with Crippen LogP contribution in [-0.4, -0.2) is 45.3 Å². The summed E-state index contributed by atoms with van der Waals surface area (Å²) in [6, 6.07) is 14.4. The summed E-state index contributed by atoms with van der Waals surface area (Å²) < 4.78 is 10.7. The third-order valence-corrected chi connectivity index (χ3v) is 4.97. The number of rotatable bonds is 9. The van der Waals surface area contributed by atoms with Gasteiger partial charge in [-0.1, -0.05) is 24.3 Å². The first-order chi connectivity index (χ1) is 14.2. The maximum absolute atomic E-state index is 5.37. The van der Waals surface area contributed by atoms with Gasteiger partial charge < -0.3 is 25.1 Å². The molecule has 0 atom stereocenters. The van der Waals surface area contributed by atoms with Crippen LogP contribution in [0.25, 0.3) is 10.9 Å². The van der Waals surface area contributed by atoms with Crippen LogP contribution in [0.5, 0.6) is 11.5 Å². The Kier molecular flexibility index (Phi) is 9.79. The highest BCUT2D eigenvalue weighted by Gasteiger charge is 2.05. The van der Waals surface area contributed by atoms with Crippen LogP contribution >= 0.6 is 24.0 Å². The van der Waals surface area contributed by atoms with Gasteiger partial charge in [0.15, 0.2) is 17.5 Å². The van der Waals surface area contributed by atoms with Crippen LogP contribution in [0.2, 0.25) is 0 Å². The van der Waals surface area contributed by atoms with Crippen molar-refractivity contribution in [3.63, 3.8) is 0 Å². The SMILES string of the molecule is CN=C(NCCCc1ccc(OC)c(OC)c1)NCCc1c[nH]c2ccccc12.I. The maximum atomic E-state index is 5.37. The van der Waals surface area contributed by atoms with Gasteiger partial charge in [0.2, 0.25) is 0 Å². The van der Waals surface area contributed by atoms with Crippen molar-refractivity contribution in [3.8, 4) is 11.5 Å². The van der Waals surface area contributed by atoms with Crippen LogP contribution in [0, 0.1) is 0 Å². The molecule has 0 radical (unpaired) electrons. The number of hydrogen-bond donors (Lipinski definition) is 3. The number of benzene rings is 2. The number of aryl methyl sites for hydroxylation is 1. The summed E-state index contributed by atoms with van der Waals surface area (Å²) in [5, 5.41) is 8.06. The van der Waals surface area contributed by atoms with Gasteiger partial charge >= 0.3 is 0 Å². The number of guanidine groups is 1. The number of ether oxygens (including phenoxy) is 2. The number of methoxy groups -OCH3 is 2. The fourth-order valence-electron chi connectivity index (χ4n) is 3.41. The van der Waals surface area contributed by atoms with Crippen LogP contribution in [0.3, 0.4) is 0 Å². The number of aliphatic imine (C=N–C) groups is 1. The Bertz CT molecular complexity index is 955. The largest absolute Gasteiger partial charge is 0.493 e. The first-order valence-corrected chi connectivity index (χ1v) is 9.95. The molecular formula is C23H31IN4O2. The number of aromatic amines is 1. The second kappa shape index (κ2) is 12.3.